The van der Waals surface area contributed by atoms with Crippen molar-refractivity contribution in [3.8, 4) is 0 Å². The molecule has 0 spiro atoms. The van der Waals surface area contributed by atoms with Gasteiger partial charge < -0.3 is 10.1 Å². The molecule has 0 atom stereocenters. The first-order valence-corrected chi connectivity index (χ1v) is 8.60. The van der Waals surface area contributed by atoms with Crippen molar-refractivity contribution in [1.29, 1.82) is 0 Å². The maximum atomic E-state index is 11.9. The number of carbonyl (C=O) groups excluding carboxylic acids is 2. The second kappa shape index (κ2) is 8.34. The van der Waals surface area contributed by atoms with Crippen molar-refractivity contribution in [1.82, 2.24) is 10.2 Å². The summed E-state index contributed by atoms with van der Waals surface area (Å²) in [7, 11) is 1.31. The fraction of sp³-hybridized carbons (Fsp3) is 0.167. The van der Waals surface area contributed by atoms with Gasteiger partial charge in [-0.2, -0.15) is 0 Å². The zero-order chi connectivity index (χ0) is 16.8. The first-order valence-electron chi connectivity index (χ1n) is 6.04. The molecule has 0 aliphatic carbocycles. The van der Waals surface area contributed by atoms with Crippen molar-refractivity contribution >= 4 is 69.1 Å². The van der Waals surface area contributed by atoms with E-state index >= 15 is 0 Å². The molecule has 1 heterocycles. The van der Waals surface area contributed by atoms with E-state index in [1.807, 2.05) is 0 Å². The van der Waals surface area contributed by atoms with E-state index in [-0.39, 0.29) is 11.7 Å². The number of rotatable bonds is 5. The van der Waals surface area contributed by atoms with Crippen LogP contribution in [0.1, 0.15) is 0 Å². The van der Waals surface area contributed by atoms with Crippen LogP contribution < -0.4 is 10.6 Å². The molecule has 0 saturated heterocycles. The van der Waals surface area contributed by atoms with Crippen molar-refractivity contribution in [2.24, 2.45) is 0 Å². The molecule has 2 rings (SSSR count). The number of thioether (sulfide) groups is 1. The van der Waals surface area contributed by atoms with Gasteiger partial charge >= 0.3 is 12.0 Å². The average molecular weight is 393 g/mol. The fourth-order valence-corrected chi connectivity index (χ4v) is 3.21. The fourth-order valence-electron chi connectivity index (χ4n) is 1.33. The summed E-state index contributed by atoms with van der Waals surface area (Å²) in [5.41, 5.74) is 0.488. The Kier molecular flexibility index (Phi) is 6.46. The van der Waals surface area contributed by atoms with Gasteiger partial charge in [-0.3, -0.25) is 10.1 Å². The molecule has 11 heteroatoms. The number of esters is 1. The summed E-state index contributed by atoms with van der Waals surface area (Å²) >= 11 is 14.0. The molecular weight excluding hydrogens is 383 g/mol. The minimum Gasteiger partial charge on any atom is -0.468 e. The lowest BCUT2D eigenvalue weighted by Gasteiger charge is -2.05. The number of carbonyl (C=O) groups is 2. The summed E-state index contributed by atoms with van der Waals surface area (Å²) in [5.74, 6) is -0.238. The Morgan fingerprint density at radius 1 is 1.26 bits per heavy atom. The molecule has 2 aromatic rings. The molecule has 2 amide bonds. The minimum absolute atomic E-state index is 0.126. The van der Waals surface area contributed by atoms with E-state index in [0.717, 1.165) is 11.3 Å². The van der Waals surface area contributed by atoms with Crippen LogP contribution in [0.25, 0.3) is 0 Å². The first kappa shape index (κ1) is 17.8. The first-order chi connectivity index (χ1) is 11.0. The summed E-state index contributed by atoms with van der Waals surface area (Å²) < 4.78 is 5.07. The average Bonchev–Trinajstić information content (AvgIpc) is 2.95. The van der Waals surface area contributed by atoms with Crippen LogP contribution in [0.4, 0.5) is 15.6 Å². The highest BCUT2D eigenvalue weighted by atomic mass is 35.5. The summed E-state index contributed by atoms with van der Waals surface area (Å²) in [6.07, 6.45) is 0. The van der Waals surface area contributed by atoms with Crippen LogP contribution in [0.5, 0.6) is 0 Å². The summed E-state index contributed by atoms with van der Waals surface area (Å²) in [6.45, 7) is 0. The smallest absolute Gasteiger partial charge is 0.325 e. The highest BCUT2D eigenvalue weighted by Gasteiger charge is 2.11. The van der Waals surface area contributed by atoms with Gasteiger partial charge in [0.25, 0.3) is 0 Å². The van der Waals surface area contributed by atoms with Gasteiger partial charge in [-0.15, -0.1) is 10.2 Å². The lowest BCUT2D eigenvalue weighted by atomic mass is 10.3. The van der Waals surface area contributed by atoms with Crippen LogP contribution in [-0.4, -0.2) is 35.1 Å². The standard InChI is InChI=1S/C12H10Cl2N4O3S2/c1-21-9(19)5-22-12-18-17-11(23-12)16-10(20)15-6-2-3-7(13)8(14)4-6/h2-4H,5H2,1H3,(H2,15,16,17,20). The molecule has 0 radical (unpaired) electrons. The van der Waals surface area contributed by atoms with Gasteiger partial charge in [0.05, 0.1) is 22.9 Å². The Balaban J connectivity index is 1.89. The van der Waals surface area contributed by atoms with Crippen molar-refractivity contribution < 1.29 is 14.3 Å². The third kappa shape index (κ3) is 5.54. The Hall–Kier alpha value is -1.55. The second-order valence-electron chi connectivity index (χ2n) is 3.95. The zero-order valence-electron chi connectivity index (χ0n) is 11.6. The number of anilines is 2. The van der Waals surface area contributed by atoms with Gasteiger partial charge in [0, 0.05) is 5.69 Å². The zero-order valence-corrected chi connectivity index (χ0v) is 14.8. The summed E-state index contributed by atoms with van der Waals surface area (Å²) in [5, 5.41) is 13.8. The third-order valence-electron chi connectivity index (χ3n) is 2.35. The molecule has 23 heavy (non-hydrogen) atoms. The minimum atomic E-state index is -0.496. The molecular formula is C12H10Cl2N4O3S2. The monoisotopic (exact) mass is 392 g/mol. The van der Waals surface area contributed by atoms with Crippen LogP contribution in [0.15, 0.2) is 22.5 Å². The number of nitrogens with zero attached hydrogens (tertiary/aromatic N) is 2. The molecule has 0 fully saturated rings. The molecule has 7 nitrogen and oxygen atoms in total. The van der Waals surface area contributed by atoms with Crippen molar-refractivity contribution in [3.05, 3.63) is 28.2 Å². The van der Waals surface area contributed by atoms with Crippen molar-refractivity contribution in [3.63, 3.8) is 0 Å². The number of amides is 2. The molecule has 0 unspecified atom stereocenters. The number of hydrogen-bond donors (Lipinski definition) is 2. The topological polar surface area (TPSA) is 93.2 Å². The highest BCUT2D eigenvalue weighted by Crippen LogP contribution is 2.27. The lowest BCUT2D eigenvalue weighted by molar-refractivity contribution is -0.137. The molecule has 0 saturated carbocycles. The third-order valence-corrected chi connectivity index (χ3v) is 5.03. The number of hydrogen-bond acceptors (Lipinski definition) is 7. The quantitative estimate of drug-likeness (QED) is 0.457. The summed E-state index contributed by atoms with van der Waals surface area (Å²) in [4.78, 5) is 22.9. The normalized spacial score (nSPS) is 10.2. The molecule has 1 aromatic carbocycles. The molecule has 122 valence electrons. The SMILES string of the molecule is COC(=O)CSc1nnc(NC(=O)Nc2ccc(Cl)c(Cl)c2)s1. The Labute approximate surface area is 149 Å². The lowest BCUT2D eigenvalue weighted by Crippen LogP contribution is -2.19. The van der Waals surface area contributed by atoms with E-state index in [2.05, 4.69) is 25.6 Å². The molecule has 0 aliphatic rings. The predicted molar refractivity (Wildman–Crippen MR) is 91.8 cm³/mol. The van der Waals surface area contributed by atoms with E-state index < -0.39 is 6.03 Å². The van der Waals surface area contributed by atoms with E-state index in [1.165, 1.54) is 24.9 Å². The Morgan fingerprint density at radius 3 is 2.74 bits per heavy atom. The number of halogens is 2. The molecule has 1 aromatic heterocycles. The maximum Gasteiger partial charge on any atom is 0.325 e. The summed E-state index contributed by atoms with van der Waals surface area (Å²) in [6, 6.07) is 4.22. The maximum absolute atomic E-state index is 11.9. The van der Waals surface area contributed by atoms with Crippen molar-refractivity contribution in [2.45, 2.75) is 4.34 Å². The van der Waals surface area contributed by atoms with Gasteiger partial charge in [0.2, 0.25) is 5.13 Å². The Morgan fingerprint density at radius 2 is 2.04 bits per heavy atom. The van der Waals surface area contributed by atoms with Gasteiger partial charge in [-0.05, 0) is 18.2 Å². The van der Waals surface area contributed by atoms with E-state index in [1.54, 1.807) is 12.1 Å². The van der Waals surface area contributed by atoms with E-state index in [0.29, 0.717) is 25.2 Å². The number of ether oxygens (including phenoxy) is 1. The van der Waals surface area contributed by atoms with Crippen molar-refractivity contribution in [2.75, 3.05) is 23.5 Å². The van der Waals surface area contributed by atoms with Crippen LogP contribution in [-0.2, 0) is 9.53 Å². The van der Waals surface area contributed by atoms with Crippen LogP contribution in [0.2, 0.25) is 10.0 Å². The van der Waals surface area contributed by atoms with Gasteiger partial charge in [0.15, 0.2) is 4.34 Å². The molecule has 0 aliphatic heterocycles. The largest absolute Gasteiger partial charge is 0.468 e. The molecule has 2 N–H and O–H groups in total. The highest BCUT2D eigenvalue weighted by molar-refractivity contribution is 8.01. The second-order valence-corrected chi connectivity index (χ2v) is 6.96. The van der Waals surface area contributed by atoms with E-state index in [9.17, 15) is 9.59 Å². The number of nitrogens with one attached hydrogen (secondary N) is 2. The van der Waals surface area contributed by atoms with Gasteiger partial charge in [0.1, 0.15) is 0 Å². The van der Waals surface area contributed by atoms with Crippen LogP contribution in [0, 0.1) is 0 Å². The van der Waals surface area contributed by atoms with Gasteiger partial charge in [-0.25, -0.2) is 4.79 Å². The molecule has 0 bridgehead atoms. The number of aromatic nitrogens is 2. The number of methoxy groups -OCH3 is 1. The van der Waals surface area contributed by atoms with Crippen LogP contribution >= 0.6 is 46.3 Å². The predicted octanol–water partition coefficient (Wildman–Crippen LogP) is 3.75. The Bertz CT molecular complexity index is 726. The van der Waals surface area contributed by atoms with Gasteiger partial charge in [-0.1, -0.05) is 46.3 Å². The number of urea groups is 1. The number of benzene rings is 1. The van der Waals surface area contributed by atoms with Crippen LogP contribution in [0.3, 0.4) is 0 Å². The van der Waals surface area contributed by atoms with E-state index in [4.69, 9.17) is 23.2 Å².